The summed E-state index contributed by atoms with van der Waals surface area (Å²) in [6, 6.07) is 13.5. The fraction of sp³-hybridized carbons (Fsp3) is 0.333. The van der Waals surface area contributed by atoms with E-state index in [0.29, 0.717) is 17.1 Å². The van der Waals surface area contributed by atoms with Crippen molar-refractivity contribution in [2.24, 2.45) is 7.05 Å². The highest BCUT2D eigenvalue weighted by Gasteiger charge is 2.33. The third-order valence-electron chi connectivity index (χ3n) is 5.86. The first-order valence-corrected chi connectivity index (χ1v) is 11.5. The zero-order valence-electron chi connectivity index (χ0n) is 21.1. The highest BCUT2D eigenvalue weighted by atomic mass is 19.4. The molecule has 0 aliphatic heterocycles. The van der Waals surface area contributed by atoms with Gasteiger partial charge in [-0.25, -0.2) is 4.98 Å². The number of imidazole rings is 1. The van der Waals surface area contributed by atoms with E-state index in [0.717, 1.165) is 16.5 Å². The minimum atomic E-state index is -4.79. The molecule has 0 aliphatic rings. The van der Waals surface area contributed by atoms with Crippen LogP contribution >= 0.6 is 0 Å². The number of hydrogen-bond acceptors (Lipinski definition) is 3. The molecule has 4 aromatic rings. The summed E-state index contributed by atoms with van der Waals surface area (Å²) in [6.45, 7) is 9.52. The molecule has 0 fully saturated rings. The predicted octanol–water partition coefficient (Wildman–Crippen LogP) is 6.12. The van der Waals surface area contributed by atoms with Gasteiger partial charge in [-0.05, 0) is 70.5 Å². The van der Waals surface area contributed by atoms with E-state index >= 15 is 0 Å². The minimum absolute atomic E-state index is 0.101. The number of carbonyl (C=O) groups excluding carboxylic acids is 1. The molecule has 0 radical (unpaired) electrons. The molecule has 2 heterocycles. The fourth-order valence-corrected chi connectivity index (χ4v) is 4.06. The molecular formula is C27H29F3N4O2. The number of alkyl halides is 3. The molecule has 0 saturated heterocycles. The van der Waals surface area contributed by atoms with Gasteiger partial charge in [0.2, 0.25) is 5.91 Å². The number of halogens is 3. The maximum absolute atomic E-state index is 13.1. The second-order valence-electron chi connectivity index (χ2n) is 10.4. The van der Waals surface area contributed by atoms with Gasteiger partial charge in [0.15, 0.2) is 5.82 Å². The van der Waals surface area contributed by atoms with E-state index < -0.39 is 11.8 Å². The number of fused-ring (bicyclic) bond motifs is 1. The summed E-state index contributed by atoms with van der Waals surface area (Å²) >= 11 is 0. The lowest BCUT2D eigenvalue weighted by Crippen LogP contribution is -2.48. The molecular weight excluding hydrogens is 469 g/mol. The van der Waals surface area contributed by atoms with E-state index in [2.05, 4.69) is 15.0 Å². The molecule has 6 nitrogen and oxygen atoms in total. The monoisotopic (exact) mass is 498 g/mol. The Hall–Kier alpha value is -3.75. The van der Waals surface area contributed by atoms with E-state index in [4.69, 9.17) is 0 Å². The van der Waals surface area contributed by atoms with Crippen LogP contribution in [0.2, 0.25) is 0 Å². The van der Waals surface area contributed by atoms with Gasteiger partial charge in [-0.2, -0.15) is 0 Å². The van der Waals surface area contributed by atoms with E-state index in [9.17, 15) is 18.0 Å². The van der Waals surface area contributed by atoms with Crippen molar-refractivity contribution in [3.8, 4) is 22.8 Å². The lowest BCUT2D eigenvalue weighted by atomic mass is 9.82. The largest absolute Gasteiger partial charge is 0.573 e. The number of carbonyl (C=O) groups is 1. The second kappa shape index (κ2) is 8.72. The average Bonchev–Trinajstić information content (AvgIpc) is 3.34. The van der Waals surface area contributed by atoms with E-state index in [1.807, 2.05) is 76.7 Å². The second-order valence-corrected chi connectivity index (χ2v) is 10.4. The number of aromatic nitrogens is 3. The maximum Gasteiger partial charge on any atom is 0.573 e. The fourth-order valence-electron chi connectivity index (χ4n) is 4.06. The van der Waals surface area contributed by atoms with Crippen molar-refractivity contribution >= 4 is 16.8 Å². The van der Waals surface area contributed by atoms with Crippen LogP contribution in [-0.2, 0) is 17.3 Å². The topological polar surface area (TPSA) is 61.1 Å². The number of benzene rings is 2. The Kier molecular flexibility index (Phi) is 6.14. The normalized spacial score (nSPS) is 12.7. The van der Waals surface area contributed by atoms with Crippen molar-refractivity contribution in [3.63, 3.8) is 0 Å². The van der Waals surface area contributed by atoms with E-state index in [1.54, 1.807) is 17.0 Å². The first-order chi connectivity index (χ1) is 16.6. The third-order valence-corrected chi connectivity index (χ3v) is 5.86. The van der Waals surface area contributed by atoms with Gasteiger partial charge >= 0.3 is 6.36 Å². The van der Waals surface area contributed by atoms with E-state index in [-0.39, 0.29) is 17.2 Å². The van der Waals surface area contributed by atoms with Gasteiger partial charge < -0.3 is 14.6 Å². The number of amides is 1. The quantitative estimate of drug-likeness (QED) is 0.361. The van der Waals surface area contributed by atoms with Gasteiger partial charge in [-0.15, -0.1) is 13.2 Å². The molecule has 0 unspecified atom stereocenters. The van der Waals surface area contributed by atoms with Crippen LogP contribution in [0.5, 0.6) is 5.75 Å². The lowest BCUT2D eigenvalue weighted by Gasteiger charge is -2.30. The summed E-state index contributed by atoms with van der Waals surface area (Å²) in [6.07, 6.45) is -1.31. The Bertz CT molecular complexity index is 1430. The summed E-state index contributed by atoms with van der Waals surface area (Å²) < 4.78 is 46.3. The summed E-state index contributed by atoms with van der Waals surface area (Å²) in [7, 11) is 1.84. The number of hydrogen-bond donors (Lipinski definition) is 1. The summed E-state index contributed by atoms with van der Waals surface area (Å²) in [5, 5.41) is 3.86. The van der Waals surface area contributed by atoms with E-state index in [1.165, 1.54) is 18.2 Å². The zero-order chi connectivity index (χ0) is 26.5. The van der Waals surface area contributed by atoms with Gasteiger partial charge in [0.25, 0.3) is 0 Å². The Morgan fingerprint density at radius 3 is 2.33 bits per heavy atom. The third kappa shape index (κ3) is 5.24. The van der Waals surface area contributed by atoms with Crippen LogP contribution < -0.4 is 10.1 Å². The predicted molar refractivity (Wildman–Crippen MR) is 133 cm³/mol. The van der Waals surface area contributed by atoms with Crippen LogP contribution in [0.1, 0.15) is 40.2 Å². The smallest absolute Gasteiger partial charge is 0.406 e. The van der Waals surface area contributed by atoms with Crippen molar-refractivity contribution in [1.29, 1.82) is 0 Å². The van der Waals surface area contributed by atoms with Gasteiger partial charge in [0.05, 0.1) is 23.0 Å². The molecule has 1 amide bonds. The molecule has 0 spiro atoms. The van der Waals surface area contributed by atoms with Crippen molar-refractivity contribution in [2.75, 3.05) is 0 Å². The molecule has 4 rings (SSSR count). The molecule has 1 N–H and O–H groups in total. The molecule has 0 saturated carbocycles. The molecule has 36 heavy (non-hydrogen) atoms. The molecule has 2 aromatic carbocycles. The Morgan fingerprint density at radius 2 is 1.72 bits per heavy atom. The number of nitrogens with one attached hydrogen (secondary N) is 1. The summed E-state index contributed by atoms with van der Waals surface area (Å²) in [5.74, 6) is 0.205. The van der Waals surface area contributed by atoms with Gasteiger partial charge in [0, 0.05) is 29.7 Å². The Morgan fingerprint density at radius 1 is 1.00 bits per heavy atom. The zero-order valence-corrected chi connectivity index (χ0v) is 21.1. The van der Waals surface area contributed by atoms with Crippen molar-refractivity contribution < 1.29 is 22.7 Å². The number of nitrogens with zero attached hydrogens (tertiary/aromatic N) is 3. The van der Waals surface area contributed by atoms with Crippen molar-refractivity contribution in [2.45, 2.75) is 51.9 Å². The number of aryl methyl sites for hydroxylation is 1. The molecule has 0 bridgehead atoms. The lowest BCUT2D eigenvalue weighted by molar-refractivity contribution is -0.274. The van der Waals surface area contributed by atoms with Gasteiger partial charge in [-0.3, -0.25) is 9.36 Å². The molecule has 190 valence electrons. The average molecular weight is 499 g/mol. The van der Waals surface area contributed by atoms with Crippen LogP contribution in [0.25, 0.3) is 28.0 Å². The molecule has 0 atom stereocenters. The highest BCUT2D eigenvalue weighted by molar-refractivity contribution is 5.93. The minimum Gasteiger partial charge on any atom is -0.406 e. The molecule has 9 heteroatoms. The summed E-state index contributed by atoms with van der Waals surface area (Å²) in [5.41, 5.74) is 1.61. The highest BCUT2D eigenvalue weighted by Crippen LogP contribution is 2.36. The SMILES string of the molecule is Cn1cnc(-n2c(-c3cccc(OC(F)(F)F)c3)cc3cc(C(C)(C)C(=O)NC(C)(C)C)ccc32)c1. The maximum atomic E-state index is 13.1. The van der Waals surface area contributed by atoms with Gasteiger partial charge in [-0.1, -0.05) is 18.2 Å². The van der Waals surface area contributed by atoms with Gasteiger partial charge in [0.1, 0.15) is 5.75 Å². The molecule has 0 aliphatic carbocycles. The van der Waals surface area contributed by atoms with Crippen LogP contribution in [0, 0.1) is 0 Å². The van der Waals surface area contributed by atoms with Crippen LogP contribution in [0.15, 0.2) is 61.1 Å². The van der Waals surface area contributed by atoms with Crippen LogP contribution in [0.3, 0.4) is 0 Å². The molecule has 2 aromatic heterocycles. The first kappa shape index (κ1) is 25.3. The van der Waals surface area contributed by atoms with Crippen LogP contribution in [-0.4, -0.2) is 31.9 Å². The number of rotatable bonds is 5. The van der Waals surface area contributed by atoms with Crippen molar-refractivity contribution in [3.05, 3.63) is 66.6 Å². The first-order valence-electron chi connectivity index (χ1n) is 11.5. The number of ether oxygens (including phenoxy) is 1. The van der Waals surface area contributed by atoms with Crippen molar-refractivity contribution in [1.82, 2.24) is 19.4 Å². The Balaban J connectivity index is 1.87. The summed E-state index contributed by atoms with van der Waals surface area (Å²) in [4.78, 5) is 17.5. The Labute approximate surface area is 207 Å². The van der Waals surface area contributed by atoms with Crippen LogP contribution in [0.4, 0.5) is 13.2 Å². The standard InChI is InChI=1S/C27H29F3N4O2/c1-25(2,3)32-24(35)26(4,5)19-10-11-21-18(12-19)14-22(34(21)23-15-33(6)16-31-23)17-8-7-9-20(13-17)36-27(28,29)30/h7-16H,1-6H3,(H,32,35).